The molecule has 1 atom stereocenters. The Morgan fingerprint density at radius 2 is 2.20 bits per heavy atom. The fourth-order valence-electron chi connectivity index (χ4n) is 0.631. The minimum Gasteiger partial charge on any atom is -0.468 e. The number of ether oxygens (including phenoxy) is 1. The van der Waals surface area contributed by atoms with E-state index in [2.05, 4.69) is 10.1 Å². The third kappa shape index (κ3) is 3.69. The van der Waals surface area contributed by atoms with Crippen LogP contribution in [0.2, 0.25) is 0 Å². The van der Waals surface area contributed by atoms with Gasteiger partial charge >= 0.3 is 5.97 Å². The summed E-state index contributed by atoms with van der Waals surface area (Å²) in [6.45, 7) is 1.93. The van der Waals surface area contributed by atoms with Crippen LogP contribution in [0.15, 0.2) is 0 Å². The van der Waals surface area contributed by atoms with Crippen LogP contribution >= 0.6 is 12.4 Å². The number of nitrogens with one attached hydrogen (secondary N) is 1. The molecule has 3 nitrogen and oxygen atoms in total. The predicted molar refractivity (Wildman–Crippen MR) is 42.4 cm³/mol. The van der Waals surface area contributed by atoms with Crippen LogP contribution in [0.5, 0.6) is 0 Å². The highest BCUT2D eigenvalue weighted by molar-refractivity contribution is 5.85. The first-order valence-corrected chi connectivity index (χ1v) is 3.01. The van der Waals surface area contributed by atoms with Crippen molar-refractivity contribution in [2.24, 2.45) is 0 Å². The number of halogens is 1. The number of likely N-dealkylation sites (N-methyl/N-ethyl adjacent to an activating group) is 1. The second-order valence-corrected chi connectivity index (χ2v) is 1.77. The van der Waals surface area contributed by atoms with Crippen LogP contribution in [-0.2, 0) is 9.53 Å². The molecular formula is C6H14ClNO2. The highest BCUT2D eigenvalue weighted by Crippen LogP contribution is 1.90. The third-order valence-corrected chi connectivity index (χ3v) is 1.24. The predicted octanol–water partition coefficient (Wildman–Crippen LogP) is 0.579. The van der Waals surface area contributed by atoms with Gasteiger partial charge < -0.3 is 10.1 Å². The molecule has 0 heterocycles. The Labute approximate surface area is 67.5 Å². The number of carbonyl (C=O) groups is 1. The molecule has 1 unspecified atom stereocenters. The number of hydrogen-bond acceptors (Lipinski definition) is 3. The Morgan fingerprint density at radius 3 is 2.30 bits per heavy atom. The maximum atomic E-state index is 10.7. The minimum atomic E-state index is -0.194. The van der Waals surface area contributed by atoms with Gasteiger partial charge in [-0.25, -0.2) is 0 Å². The molecule has 62 valence electrons. The zero-order chi connectivity index (χ0) is 7.28. The number of methoxy groups -OCH3 is 1. The lowest BCUT2D eigenvalue weighted by Crippen LogP contribution is -2.34. The average molecular weight is 168 g/mol. The summed E-state index contributed by atoms with van der Waals surface area (Å²) in [6.07, 6.45) is 0.767. The van der Waals surface area contributed by atoms with Crippen molar-refractivity contribution in [3.8, 4) is 0 Å². The van der Waals surface area contributed by atoms with Crippen LogP contribution in [-0.4, -0.2) is 26.2 Å². The summed E-state index contributed by atoms with van der Waals surface area (Å²) < 4.78 is 4.49. The summed E-state index contributed by atoms with van der Waals surface area (Å²) >= 11 is 0. The van der Waals surface area contributed by atoms with Crippen molar-refractivity contribution in [3.63, 3.8) is 0 Å². The number of esters is 1. The monoisotopic (exact) mass is 167 g/mol. The summed E-state index contributed by atoms with van der Waals surface area (Å²) in [6, 6.07) is -0.144. The maximum Gasteiger partial charge on any atom is 0.322 e. The Hall–Kier alpha value is -0.280. The molecule has 0 saturated carbocycles. The summed E-state index contributed by atoms with van der Waals surface area (Å²) in [5, 5.41) is 2.83. The molecule has 10 heavy (non-hydrogen) atoms. The first-order valence-electron chi connectivity index (χ1n) is 3.01. The second-order valence-electron chi connectivity index (χ2n) is 1.77. The standard InChI is InChI=1S/C6H13NO2.ClH/c1-4-5(7-2)6(8)9-3;/h5,7H,4H2,1-3H3;1H. The molecule has 0 bridgehead atoms. The van der Waals surface area contributed by atoms with Gasteiger partial charge in [-0.3, -0.25) is 4.79 Å². The van der Waals surface area contributed by atoms with Gasteiger partial charge in [0.15, 0.2) is 0 Å². The van der Waals surface area contributed by atoms with Gasteiger partial charge in [-0.05, 0) is 13.5 Å². The Kier molecular flexibility index (Phi) is 8.48. The molecule has 0 fully saturated rings. The van der Waals surface area contributed by atoms with Crippen LogP contribution < -0.4 is 5.32 Å². The fraction of sp³-hybridized carbons (Fsp3) is 0.833. The van der Waals surface area contributed by atoms with E-state index in [9.17, 15) is 4.79 Å². The first-order chi connectivity index (χ1) is 4.26. The summed E-state index contributed by atoms with van der Waals surface area (Å²) in [4.78, 5) is 10.7. The average Bonchev–Trinajstić information content (AvgIpc) is 1.90. The molecule has 0 spiro atoms. The lowest BCUT2D eigenvalue weighted by atomic mass is 10.2. The molecule has 0 aromatic heterocycles. The van der Waals surface area contributed by atoms with Crippen molar-refractivity contribution in [1.29, 1.82) is 0 Å². The minimum absolute atomic E-state index is 0. The van der Waals surface area contributed by atoms with Crippen LogP contribution in [0.3, 0.4) is 0 Å². The molecule has 0 rings (SSSR count). The summed E-state index contributed by atoms with van der Waals surface area (Å²) in [7, 11) is 3.13. The summed E-state index contributed by atoms with van der Waals surface area (Å²) in [5.74, 6) is -0.194. The van der Waals surface area contributed by atoms with Crippen LogP contribution in [0.1, 0.15) is 13.3 Å². The van der Waals surface area contributed by atoms with E-state index in [1.807, 2.05) is 6.92 Å². The van der Waals surface area contributed by atoms with E-state index in [1.165, 1.54) is 7.11 Å². The highest BCUT2D eigenvalue weighted by atomic mass is 35.5. The largest absolute Gasteiger partial charge is 0.468 e. The van der Waals surface area contributed by atoms with Gasteiger partial charge in [0.2, 0.25) is 0 Å². The molecular weight excluding hydrogens is 154 g/mol. The van der Waals surface area contributed by atoms with E-state index < -0.39 is 0 Å². The van der Waals surface area contributed by atoms with Gasteiger partial charge in [-0.15, -0.1) is 12.4 Å². The van der Waals surface area contributed by atoms with Crippen molar-refractivity contribution >= 4 is 18.4 Å². The molecule has 0 radical (unpaired) electrons. The van der Waals surface area contributed by atoms with Crippen molar-refractivity contribution in [1.82, 2.24) is 5.32 Å². The molecule has 1 N–H and O–H groups in total. The fourth-order valence-corrected chi connectivity index (χ4v) is 0.631. The van der Waals surface area contributed by atoms with Crippen molar-refractivity contribution in [2.45, 2.75) is 19.4 Å². The zero-order valence-corrected chi connectivity index (χ0v) is 7.33. The Bertz CT molecular complexity index is 93.7. The van der Waals surface area contributed by atoms with Crippen molar-refractivity contribution in [2.75, 3.05) is 14.2 Å². The van der Waals surface area contributed by atoms with E-state index in [0.717, 1.165) is 6.42 Å². The van der Waals surface area contributed by atoms with Crippen LogP contribution in [0.4, 0.5) is 0 Å². The summed E-state index contributed by atoms with van der Waals surface area (Å²) in [5.41, 5.74) is 0. The van der Waals surface area contributed by atoms with E-state index in [0.29, 0.717) is 0 Å². The molecule has 4 heteroatoms. The van der Waals surface area contributed by atoms with Gasteiger partial charge in [0.05, 0.1) is 7.11 Å². The maximum absolute atomic E-state index is 10.7. The van der Waals surface area contributed by atoms with Gasteiger partial charge in [0.1, 0.15) is 6.04 Å². The third-order valence-electron chi connectivity index (χ3n) is 1.24. The lowest BCUT2D eigenvalue weighted by molar-refractivity contribution is -0.143. The molecule has 0 aliphatic heterocycles. The van der Waals surface area contributed by atoms with Crippen LogP contribution in [0.25, 0.3) is 0 Å². The quantitative estimate of drug-likeness (QED) is 0.625. The van der Waals surface area contributed by atoms with Gasteiger partial charge in [0, 0.05) is 0 Å². The topological polar surface area (TPSA) is 38.3 Å². The number of hydrogen-bond donors (Lipinski definition) is 1. The molecule has 0 aliphatic rings. The molecule has 0 amide bonds. The second kappa shape index (κ2) is 6.83. The highest BCUT2D eigenvalue weighted by Gasteiger charge is 2.12. The number of carbonyl (C=O) groups excluding carboxylic acids is 1. The Morgan fingerprint density at radius 1 is 1.70 bits per heavy atom. The molecule has 0 aliphatic carbocycles. The van der Waals surface area contributed by atoms with E-state index >= 15 is 0 Å². The molecule has 0 aromatic carbocycles. The number of rotatable bonds is 3. The Balaban J connectivity index is 0. The first kappa shape index (κ1) is 12.4. The SMILES string of the molecule is CCC(NC)C(=O)OC.Cl. The lowest BCUT2D eigenvalue weighted by Gasteiger charge is -2.09. The normalized spacial score (nSPS) is 11.5. The van der Waals surface area contributed by atoms with E-state index in [1.54, 1.807) is 7.05 Å². The van der Waals surface area contributed by atoms with Gasteiger partial charge in [-0.2, -0.15) is 0 Å². The molecule has 0 aromatic rings. The molecule has 0 saturated heterocycles. The van der Waals surface area contributed by atoms with Crippen LogP contribution in [0, 0.1) is 0 Å². The zero-order valence-electron chi connectivity index (χ0n) is 6.51. The van der Waals surface area contributed by atoms with Gasteiger partial charge in [-0.1, -0.05) is 6.92 Å². The van der Waals surface area contributed by atoms with E-state index in [4.69, 9.17) is 0 Å². The van der Waals surface area contributed by atoms with E-state index in [-0.39, 0.29) is 24.4 Å². The van der Waals surface area contributed by atoms with Crippen molar-refractivity contribution < 1.29 is 9.53 Å². The smallest absolute Gasteiger partial charge is 0.322 e. The van der Waals surface area contributed by atoms with Crippen molar-refractivity contribution in [3.05, 3.63) is 0 Å². The van der Waals surface area contributed by atoms with Gasteiger partial charge in [0.25, 0.3) is 0 Å².